The Bertz CT molecular complexity index is 1240. The number of aromatic hydroxyl groups is 1. The molecule has 0 aromatic heterocycles. The molecule has 0 bridgehead atoms. The van der Waals surface area contributed by atoms with E-state index in [1.165, 1.54) is 0 Å². The molecule has 4 N–H and O–H groups in total. The number of hydrogen-bond acceptors (Lipinski definition) is 5. The number of phenolic OH excluding ortho intramolecular Hbond substituents is 1. The van der Waals surface area contributed by atoms with Crippen LogP contribution in [0.15, 0.2) is 72.8 Å². The monoisotopic (exact) mass is 484 g/mol. The average Bonchev–Trinajstić information content (AvgIpc) is 3.69. The Kier molecular flexibility index (Phi) is 7.40. The van der Waals surface area contributed by atoms with Gasteiger partial charge in [-0.05, 0) is 72.5 Å². The highest BCUT2D eigenvalue weighted by atomic mass is 16.5. The lowest BCUT2D eigenvalue weighted by atomic mass is 9.95. The summed E-state index contributed by atoms with van der Waals surface area (Å²) in [5, 5.41) is 27.2. The molecule has 1 fully saturated rings. The first-order valence-electron chi connectivity index (χ1n) is 11.7. The van der Waals surface area contributed by atoms with E-state index in [4.69, 9.17) is 10.00 Å². The fraction of sp³-hybridized carbons (Fsp3) is 0.250. The summed E-state index contributed by atoms with van der Waals surface area (Å²) < 4.78 is 5.14. The Morgan fingerprint density at radius 3 is 2.28 bits per heavy atom. The van der Waals surface area contributed by atoms with Crippen LogP contribution in [0.2, 0.25) is 0 Å². The molecule has 1 saturated carbocycles. The van der Waals surface area contributed by atoms with Crippen molar-refractivity contribution in [3.8, 4) is 17.6 Å². The molecule has 8 heteroatoms. The van der Waals surface area contributed by atoms with E-state index >= 15 is 0 Å². The van der Waals surface area contributed by atoms with Gasteiger partial charge in [-0.1, -0.05) is 24.3 Å². The smallest absolute Gasteiger partial charge is 0.319 e. The van der Waals surface area contributed by atoms with E-state index in [9.17, 15) is 14.7 Å². The van der Waals surface area contributed by atoms with Crippen molar-refractivity contribution < 1.29 is 19.4 Å². The van der Waals surface area contributed by atoms with Gasteiger partial charge in [0.2, 0.25) is 5.91 Å². The maximum atomic E-state index is 13.2. The summed E-state index contributed by atoms with van der Waals surface area (Å²) in [6.45, 7) is 0.433. The highest BCUT2D eigenvalue weighted by Crippen LogP contribution is 2.47. The molecule has 1 aliphatic rings. The van der Waals surface area contributed by atoms with E-state index in [1.54, 1.807) is 67.8 Å². The maximum absolute atomic E-state index is 13.2. The first-order valence-corrected chi connectivity index (χ1v) is 11.7. The molecule has 0 heterocycles. The molecule has 0 saturated heterocycles. The predicted molar refractivity (Wildman–Crippen MR) is 136 cm³/mol. The molecule has 36 heavy (non-hydrogen) atoms. The molecule has 0 radical (unpaired) electrons. The number of nitrogens with zero attached hydrogens (tertiary/aromatic N) is 1. The first-order chi connectivity index (χ1) is 17.4. The van der Waals surface area contributed by atoms with E-state index in [0.717, 1.165) is 24.0 Å². The summed E-state index contributed by atoms with van der Waals surface area (Å²) in [6, 6.07) is 21.6. The van der Waals surface area contributed by atoms with Crippen LogP contribution in [-0.2, 0) is 16.6 Å². The molecule has 3 aromatic rings. The van der Waals surface area contributed by atoms with Gasteiger partial charge in [0.05, 0.1) is 18.7 Å². The fourth-order valence-electron chi connectivity index (χ4n) is 4.07. The zero-order valence-electron chi connectivity index (χ0n) is 20.0. The molecule has 0 spiro atoms. The van der Waals surface area contributed by atoms with Crippen LogP contribution >= 0.6 is 0 Å². The highest BCUT2D eigenvalue weighted by Gasteiger charge is 2.44. The number of carbonyl (C=O) groups is 2. The highest BCUT2D eigenvalue weighted by molar-refractivity contribution is 5.94. The van der Waals surface area contributed by atoms with Crippen molar-refractivity contribution in [3.05, 3.63) is 89.5 Å². The lowest BCUT2D eigenvalue weighted by Crippen LogP contribution is -2.50. The van der Waals surface area contributed by atoms with Crippen molar-refractivity contribution in [2.24, 2.45) is 0 Å². The second-order valence-corrected chi connectivity index (χ2v) is 8.94. The zero-order valence-corrected chi connectivity index (χ0v) is 20.0. The van der Waals surface area contributed by atoms with Gasteiger partial charge in [0, 0.05) is 24.1 Å². The van der Waals surface area contributed by atoms with Crippen LogP contribution < -0.4 is 20.7 Å². The number of rotatable bonds is 9. The van der Waals surface area contributed by atoms with Crippen molar-refractivity contribution in [1.29, 1.82) is 5.26 Å². The molecule has 1 atom stereocenters. The Morgan fingerprint density at radius 1 is 1.03 bits per heavy atom. The number of methoxy groups -OCH3 is 1. The summed E-state index contributed by atoms with van der Waals surface area (Å²) in [5.74, 6) is 0.573. The van der Waals surface area contributed by atoms with Crippen LogP contribution in [0.5, 0.6) is 11.5 Å². The van der Waals surface area contributed by atoms with E-state index in [-0.39, 0.29) is 23.5 Å². The second kappa shape index (κ2) is 10.8. The van der Waals surface area contributed by atoms with Crippen molar-refractivity contribution in [2.75, 3.05) is 19.0 Å². The minimum Gasteiger partial charge on any atom is -0.508 e. The zero-order chi connectivity index (χ0) is 25.5. The first kappa shape index (κ1) is 24.6. The number of nitrogens with one attached hydrogen (secondary N) is 3. The Balaban J connectivity index is 1.44. The largest absolute Gasteiger partial charge is 0.508 e. The van der Waals surface area contributed by atoms with Gasteiger partial charge >= 0.3 is 6.03 Å². The van der Waals surface area contributed by atoms with E-state index in [2.05, 4.69) is 22.0 Å². The fourth-order valence-corrected chi connectivity index (χ4v) is 4.07. The molecule has 184 valence electrons. The quantitative estimate of drug-likeness (QED) is 0.367. The topological polar surface area (TPSA) is 123 Å². The number of nitriles is 1. The number of amides is 3. The Labute approximate surface area is 209 Å². The van der Waals surface area contributed by atoms with Crippen molar-refractivity contribution in [1.82, 2.24) is 10.6 Å². The van der Waals surface area contributed by atoms with Gasteiger partial charge in [-0.2, -0.15) is 5.26 Å². The van der Waals surface area contributed by atoms with E-state index < -0.39 is 12.1 Å². The van der Waals surface area contributed by atoms with Crippen LogP contribution in [0.3, 0.4) is 0 Å². The lowest BCUT2D eigenvalue weighted by Gasteiger charge is -2.22. The minimum atomic E-state index is -0.827. The molecule has 4 rings (SSSR count). The van der Waals surface area contributed by atoms with Gasteiger partial charge in [-0.15, -0.1) is 0 Å². The SMILES string of the molecule is COc1ccc(NC(=O)N[C@H](Cc2ccc(C#N)cc2)C(=O)NCC2(c3ccc(O)cc3)CC2)cc1. The summed E-state index contributed by atoms with van der Waals surface area (Å²) in [7, 11) is 1.56. The predicted octanol–water partition coefficient (Wildman–Crippen LogP) is 3.85. The third-order valence-electron chi connectivity index (χ3n) is 6.43. The number of anilines is 1. The van der Waals surface area contributed by atoms with Gasteiger partial charge in [0.15, 0.2) is 0 Å². The normalized spacial score (nSPS) is 14.1. The Morgan fingerprint density at radius 2 is 1.69 bits per heavy atom. The number of carbonyl (C=O) groups excluding carboxylic acids is 2. The summed E-state index contributed by atoms with van der Waals surface area (Å²) in [4.78, 5) is 26.0. The lowest BCUT2D eigenvalue weighted by molar-refractivity contribution is -0.123. The number of urea groups is 1. The van der Waals surface area contributed by atoms with Crippen molar-refractivity contribution >= 4 is 17.6 Å². The van der Waals surface area contributed by atoms with Gasteiger partial charge in [-0.25, -0.2) is 4.79 Å². The van der Waals surface area contributed by atoms with Crippen molar-refractivity contribution in [2.45, 2.75) is 30.7 Å². The Hall–Kier alpha value is -4.51. The van der Waals surface area contributed by atoms with Gasteiger partial charge in [0.25, 0.3) is 0 Å². The van der Waals surface area contributed by atoms with Crippen LogP contribution in [0.25, 0.3) is 0 Å². The summed E-state index contributed by atoms with van der Waals surface area (Å²) >= 11 is 0. The molecule has 3 amide bonds. The van der Waals surface area contributed by atoms with Gasteiger partial charge in [-0.3, -0.25) is 4.79 Å². The van der Waals surface area contributed by atoms with Crippen LogP contribution in [0.4, 0.5) is 10.5 Å². The van der Waals surface area contributed by atoms with Crippen molar-refractivity contribution in [3.63, 3.8) is 0 Å². The van der Waals surface area contributed by atoms with Gasteiger partial charge in [0.1, 0.15) is 17.5 Å². The third kappa shape index (κ3) is 6.13. The second-order valence-electron chi connectivity index (χ2n) is 8.94. The van der Waals surface area contributed by atoms with Gasteiger partial charge < -0.3 is 25.8 Å². The summed E-state index contributed by atoms with van der Waals surface area (Å²) in [5.41, 5.74) is 2.81. The van der Waals surface area contributed by atoms with Crippen LogP contribution in [0, 0.1) is 11.3 Å². The minimum absolute atomic E-state index is 0.159. The van der Waals surface area contributed by atoms with E-state index in [0.29, 0.717) is 23.5 Å². The van der Waals surface area contributed by atoms with E-state index in [1.807, 2.05) is 12.1 Å². The number of phenols is 1. The molecule has 0 unspecified atom stereocenters. The number of hydrogen-bond donors (Lipinski definition) is 4. The molecular formula is C28H28N4O4. The maximum Gasteiger partial charge on any atom is 0.319 e. The number of ether oxygens (including phenoxy) is 1. The third-order valence-corrected chi connectivity index (χ3v) is 6.43. The molecule has 0 aliphatic heterocycles. The molecule has 8 nitrogen and oxygen atoms in total. The molecular weight excluding hydrogens is 456 g/mol. The molecule has 3 aromatic carbocycles. The molecule has 1 aliphatic carbocycles. The average molecular weight is 485 g/mol. The standard InChI is InChI=1S/C28H28N4O4/c1-36-24-12-8-22(9-13-24)31-27(35)32-25(16-19-2-4-20(17-29)5-3-19)26(34)30-18-28(14-15-28)21-6-10-23(33)11-7-21/h2-13,25,33H,14-16,18H2,1H3,(H,30,34)(H2,31,32,35)/t25-/m1/s1. The number of benzene rings is 3. The summed E-state index contributed by atoms with van der Waals surface area (Å²) in [6.07, 6.45) is 2.13. The van der Waals surface area contributed by atoms with Crippen LogP contribution in [-0.4, -0.2) is 36.7 Å². The van der Waals surface area contributed by atoms with Crippen LogP contribution in [0.1, 0.15) is 29.5 Å².